The van der Waals surface area contributed by atoms with Crippen molar-refractivity contribution in [3.63, 3.8) is 0 Å². The van der Waals surface area contributed by atoms with Crippen LogP contribution in [0.2, 0.25) is 0 Å². The van der Waals surface area contributed by atoms with Gasteiger partial charge in [0.05, 0.1) is 15.4 Å². The van der Waals surface area contributed by atoms with E-state index in [4.69, 9.17) is 0 Å². The van der Waals surface area contributed by atoms with Gasteiger partial charge in [0.2, 0.25) is 10.0 Å². The fourth-order valence-electron chi connectivity index (χ4n) is 2.23. The Morgan fingerprint density at radius 2 is 1.72 bits per heavy atom. The quantitative estimate of drug-likeness (QED) is 0.551. The number of benzene rings is 2. The van der Waals surface area contributed by atoms with E-state index in [1.807, 2.05) is 30.3 Å². The van der Waals surface area contributed by atoms with Gasteiger partial charge in [-0.3, -0.25) is 10.1 Å². The molecule has 2 aromatic carbocycles. The summed E-state index contributed by atoms with van der Waals surface area (Å²) in [6, 6.07) is 14.2. The summed E-state index contributed by atoms with van der Waals surface area (Å²) in [4.78, 5) is 9.93. The Kier molecular flexibility index (Phi) is 5.89. The van der Waals surface area contributed by atoms with E-state index in [2.05, 4.69) is 4.72 Å². The topological polar surface area (TPSA) is 110 Å². The van der Waals surface area contributed by atoms with Gasteiger partial charge in [-0.25, -0.2) is 13.1 Å². The Balaban J connectivity index is 1.96. The SMILES string of the molecule is CC(O)(CCc1ccccc1)CNS(=O)(=O)c1ccc([N+](=O)[O-])cc1. The van der Waals surface area contributed by atoms with E-state index in [0.29, 0.717) is 12.8 Å². The van der Waals surface area contributed by atoms with E-state index < -0.39 is 20.5 Å². The number of rotatable bonds is 8. The van der Waals surface area contributed by atoms with Gasteiger partial charge in [-0.1, -0.05) is 30.3 Å². The van der Waals surface area contributed by atoms with Crippen LogP contribution in [0.15, 0.2) is 59.5 Å². The summed E-state index contributed by atoms with van der Waals surface area (Å²) in [5.74, 6) is 0. The van der Waals surface area contributed by atoms with Gasteiger partial charge < -0.3 is 5.11 Å². The third kappa shape index (κ3) is 5.63. The van der Waals surface area contributed by atoms with Crippen molar-refractivity contribution in [2.75, 3.05) is 6.54 Å². The maximum absolute atomic E-state index is 12.2. The molecule has 0 aliphatic rings. The van der Waals surface area contributed by atoms with Crippen LogP contribution in [0.5, 0.6) is 0 Å². The van der Waals surface area contributed by atoms with Crippen molar-refractivity contribution in [1.82, 2.24) is 4.72 Å². The molecule has 0 aliphatic heterocycles. The smallest absolute Gasteiger partial charge is 0.269 e. The fraction of sp³-hybridized carbons (Fsp3) is 0.294. The van der Waals surface area contributed by atoms with Crippen LogP contribution < -0.4 is 4.72 Å². The zero-order valence-corrected chi connectivity index (χ0v) is 14.6. The maximum atomic E-state index is 12.2. The number of nitrogens with one attached hydrogen (secondary N) is 1. The number of hydrogen-bond donors (Lipinski definition) is 2. The van der Waals surface area contributed by atoms with E-state index in [-0.39, 0.29) is 17.1 Å². The number of non-ortho nitro benzene ring substituents is 1. The first-order valence-electron chi connectivity index (χ1n) is 7.70. The summed E-state index contributed by atoms with van der Waals surface area (Å²) < 4.78 is 26.8. The predicted molar refractivity (Wildman–Crippen MR) is 93.7 cm³/mol. The molecule has 0 aliphatic carbocycles. The summed E-state index contributed by atoms with van der Waals surface area (Å²) in [6.07, 6.45) is 1.01. The average molecular weight is 364 g/mol. The van der Waals surface area contributed by atoms with E-state index in [0.717, 1.165) is 17.7 Å². The average Bonchev–Trinajstić information content (AvgIpc) is 2.60. The molecule has 0 amide bonds. The molecule has 0 bridgehead atoms. The molecule has 1 atom stereocenters. The lowest BCUT2D eigenvalue weighted by Gasteiger charge is -2.23. The number of hydrogen-bond acceptors (Lipinski definition) is 5. The van der Waals surface area contributed by atoms with Crippen molar-refractivity contribution >= 4 is 15.7 Å². The highest BCUT2D eigenvalue weighted by Gasteiger charge is 2.24. The van der Waals surface area contributed by atoms with Crippen molar-refractivity contribution in [1.29, 1.82) is 0 Å². The molecule has 7 nitrogen and oxygen atoms in total. The van der Waals surface area contributed by atoms with Crippen LogP contribution in [0.4, 0.5) is 5.69 Å². The minimum atomic E-state index is -3.85. The molecular formula is C17H20N2O5S. The third-order valence-electron chi connectivity index (χ3n) is 3.80. The molecule has 0 radical (unpaired) electrons. The second kappa shape index (κ2) is 7.73. The molecular weight excluding hydrogens is 344 g/mol. The number of sulfonamides is 1. The van der Waals surface area contributed by atoms with Crippen molar-refractivity contribution in [2.24, 2.45) is 0 Å². The van der Waals surface area contributed by atoms with Crippen molar-refractivity contribution < 1.29 is 18.4 Å². The highest BCUT2D eigenvalue weighted by Crippen LogP contribution is 2.17. The largest absolute Gasteiger partial charge is 0.389 e. The number of aliphatic hydroxyl groups is 1. The summed E-state index contributed by atoms with van der Waals surface area (Å²) in [7, 11) is -3.85. The molecule has 0 spiro atoms. The van der Waals surface area contributed by atoms with Crippen LogP contribution in [0.25, 0.3) is 0 Å². The van der Waals surface area contributed by atoms with Crippen LogP contribution in [0.1, 0.15) is 18.9 Å². The first kappa shape index (κ1) is 19.0. The Morgan fingerprint density at radius 1 is 1.12 bits per heavy atom. The molecule has 0 saturated carbocycles. The van der Waals surface area contributed by atoms with Gasteiger partial charge in [-0.15, -0.1) is 0 Å². The molecule has 134 valence electrons. The summed E-state index contributed by atoms with van der Waals surface area (Å²) in [5, 5.41) is 21.0. The maximum Gasteiger partial charge on any atom is 0.269 e. The summed E-state index contributed by atoms with van der Waals surface area (Å²) >= 11 is 0. The van der Waals surface area contributed by atoms with Gasteiger partial charge in [0.25, 0.3) is 5.69 Å². The normalized spacial score (nSPS) is 14.0. The van der Waals surface area contributed by atoms with Crippen LogP contribution in [-0.4, -0.2) is 30.6 Å². The zero-order chi connectivity index (χ0) is 18.5. The third-order valence-corrected chi connectivity index (χ3v) is 5.21. The fourth-order valence-corrected chi connectivity index (χ4v) is 3.39. The minimum absolute atomic E-state index is 0.0861. The molecule has 0 saturated heterocycles. The van der Waals surface area contributed by atoms with Gasteiger partial charge in [0.15, 0.2) is 0 Å². The Hall–Kier alpha value is -2.29. The van der Waals surface area contributed by atoms with Gasteiger partial charge in [0.1, 0.15) is 0 Å². The van der Waals surface area contributed by atoms with Gasteiger partial charge in [-0.2, -0.15) is 0 Å². The van der Waals surface area contributed by atoms with Crippen LogP contribution in [-0.2, 0) is 16.4 Å². The van der Waals surface area contributed by atoms with Gasteiger partial charge in [0, 0.05) is 18.7 Å². The van der Waals surface area contributed by atoms with Crippen LogP contribution >= 0.6 is 0 Å². The standard InChI is InChI=1S/C17H20N2O5S/c1-17(20,12-11-14-5-3-2-4-6-14)13-18-25(23,24)16-9-7-15(8-10-16)19(21)22/h2-10,18,20H,11-13H2,1H3. The lowest BCUT2D eigenvalue weighted by Crippen LogP contribution is -2.40. The van der Waals surface area contributed by atoms with E-state index >= 15 is 0 Å². The highest BCUT2D eigenvalue weighted by molar-refractivity contribution is 7.89. The first-order valence-corrected chi connectivity index (χ1v) is 9.18. The molecule has 2 aromatic rings. The van der Waals surface area contributed by atoms with Gasteiger partial charge in [-0.05, 0) is 37.5 Å². The highest BCUT2D eigenvalue weighted by atomic mass is 32.2. The molecule has 2 rings (SSSR count). The molecule has 0 heterocycles. The lowest BCUT2D eigenvalue weighted by atomic mass is 9.97. The Bertz CT molecular complexity index is 818. The van der Waals surface area contributed by atoms with Crippen molar-refractivity contribution in [2.45, 2.75) is 30.3 Å². The number of aryl methyl sites for hydroxylation is 1. The lowest BCUT2D eigenvalue weighted by molar-refractivity contribution is -0.384. The Labute approximate surface area is 146 Å². The number of nitro benzene ring substituents is 1. The second-order valence-electron chi connectivity index (χ2n) is 6.06. The summed E-state index contributed by atoms with van der Waals surface area (Å²) in [6.45, 7) is 1.41. The van der Waals surface area contributed by atoms with Crippen molar-refractivity contribution in [3.05, 3.63) is 70.3 Å². The number of nitro groups is 1. The second-order valence-corrected chi connectivity index (χ2v) is 7.83. The van der Waals surface area contributed by atoms with Gasteiger partial charge >= 0.3 is 0 Å². The summed E-state index contributed by atoms with van der Waals surface area (Å²) in [5.41, 5.74) is -0.348. The minimum Gasteiger partial charge on any atom is -0.389 e. The van der Waals surface area contributed by atoms with E-state index in [1.165, 1.54) is 12.1 Å². The van der Waals surface area contributed by atoms with Crippen LogP contribution in [0, 0.1) is 10.1 Å². The van der Waals surface area contributed by atoms with E-state index in [9.17, 15) is 23.6 Å². The van der Waals surface area contributed by atoms with Crippen LogP contribution in [0.3, 0.4) is 0 Å². The van der Waals surface area contributed by atoms with E-state index in [1.54, 1.807) is 6.92 Å². The molecule has 0 aromatic heterocycles. The monoisotopic (exact) mass is 364 g/mol. The predicted octanol–water partition coefficient (Wildman–Crippen LogP) is 2.26. The molecule has 25 heavy (non-hydrogen) atoms. The number of nitrogens with zero attached hydrogens (tertiary/aromatic N) is 1. The van der Waals surface area contributed by atoms with Crippen molar-refractivity contribution in [3.8, 4) is 0 Å². The molecule has 2 N–H and O–H groups in total. The zero-order valence-electron chi connectivity index (χ0n) is 13.8. The molecule has 1 unspecified atom stereocenters. The molecule has 8 heteroatoms. The first-order chi connectivity index (χ1) is 11.7. The Morgan fingerprint density at radius 3 is 2.28 bits per heavy atom. The molecule has 0 fully saturated rings.